The van der Waals surface area contributed by atoms with E-state index in [2.05, 4.69) is 15.6 Å². The highest BCUT2D eigenvalue weighted by molar-refractivity contribution is 7.91. The van der Waals surface area contributed by atoms with Gasteiger partial charge in [0.05, 0.1) is 16.3 Å². The number of hydrogen-bond acceptors (Lipinski definition) is 5. The number of thiazole rings is 1. The van der Waals surface area contributed by atoms with Crippen molar-refractivity contribution in [2.45, 2.75) is 50.5 Å². The number of benzene rings is 1. The fourth-order valence-electron chi connectivity index (χ4n) is 2.98. The molecule has 0 saturated carbocycles. The zero-order chi connectivity index (χ0) is 18.7. The summed E-state index contributed by atoms with van der Waals surface area (Å²) in [5, 5.41) is 5.98. The van der Waals surface area contributed by atoms with E-state index in [4.69, 9.17) is 0 Å². The SMILES string of the molecule is Cc1ccc(S(=O)(=O)CC(C)NC(=O)Nc2nc3c(s2)CCCC3)cc1. The number of anilines is 1. The Morgan fingerprint density at radius 2 is 1.92 bits per heavy atom. The van der Waals surface area contributed by atoms with Gasteiger partial charge in [-0.25, -0.2) is 18.2 Å². The van der Waals surface area contributed by atoms with Crippen LogP contribution in [0.5, 0.6) is 0 Å². The van der Waals surface area contributed by atoms with Crippen molar-refractivity contribution in [1.29, 1.82) is 0 Å². The van der Waals surface area contributed by atoms with Crippen molar-refractivity contribution in [1.82, 2.24) is 10.3 Å². The van der Waals surface area contributed by atoms with Crippen molar-refractivity contribution < 1.29 is 13.2 Å². The van der Waals surface area contributed by atoms with Crippen molar-refractivity contribution in [3.8, 4) is 0 Å². The Labute approximate surface area is 158 Å². The standard InChI is InChI=1S/C18H23N3O3S2/c1-12-7-9-14(10-8-12)26(23,24)11-13(2)19-17(22)21-18-20-15-5-3-4-6-16(15)25-18/h7-10,13H,3-6,11H2,1-2H3,(H2,19,20,21,22). The lowest BCUT2D eigenvalue weighted by Crippen LogP contribution is -2.40. The lowest BCUT2D eigenvalue weighted by Gasteiger charge is -2.14. The number of urea groups is 1. The number of sulfone groups is 1. The minimum atomic E-state index is -3.45. The Kier molecular flexibility index (Phi) is 5.62. The van der Waals surface area contributed by atoms with Crippen LogP contribution in [0.3, 0.4) is 0 Å². The van der Waals surface area contributed by atoms with Crippen molar-refractivity contribution in [3.63, 3.8) is 0 Å². The van der Waals surface area contributed by atoms with Gasteiger partial charge in [0.2, 0.25) is 0 Å². The molecule has 6 nitrogen and oxygen atoms in total. The van der Waals surface area contributed by atoms with Crippen LogP contribution in [0.1, 0.15) is 35.9 Å². The molecule has 2 aromatic rings. The quantitative estimate of drug-likeness (QED) is 0.816. The molecule has 8 heteroatoms. The second-order valence-corrected chi connectivity index (χ2v) is 9.81. The molecule has 26 heavy (non-hydrogen) atoms. The van der Waals surface area contributed by atoms with E-state index in [0.29, 0.717) is 5.13 Å². The topological polar surface area (TPSA) is 88.2 Å². The fourth-order valence-corrected chi connectivity index (χ4v) is 5.50. The summed E-state index contributed by atoms with van der Waals surface area (Å²) >= 11 is 1.50. The van der Waals surface area contributed by atoms with Gasteiger partial charge in [0, 0.05) is 10.9 Å². The number of amides is 2. The molecule has 1 aliphatic rings. The number of rotatable bonds is 5. The van der Waals surface area contributed by atoms with Gasteiger partial charge in [0.25, 0.3) is 0 Å². The molecular formula is C18H23N3O3S2. The Morgan fingerprint density at radius 1 is 1.23 bits per heavy atom. The predicted octanol–water partition coefficient (Wildman–Crippen LogP) is 3.31. The predicted molar refractivity (Wildman–Crippen MR) is 104 cm³/mol. The molecule has 0 radical (unpaired) electrons. The van der Waals surface area contributed by atoms with Gasteiger partial charge in [-0.2, -0.15) is 0 Å². The average Bonchev–Trinajstić information content (AvgIpc) is 2.96. The molecule has 0 aliphatic heterocycles. The summed E-state index contributed by atoms with van der Waals surface area (Å²) in [7, 11) is -3.45. The summed E-state index contributed by atoms with van der Waals surface area (Å²) in [6.45, 7) is 3.58. The Balaban J connectivity index is 1.57. The average molecular weight is 394 g/mol. The van der Waals surface area contributed by atoms with Crippen molar-refractivity contribution >= 4 is 32.3 Å². The molecule has 1 aliphatic carbocycles. The molecule has 0 saturated heterocycles. The van der Waals surface area contributed by atoms with Crippen LogP contribution < -0.4 is 10.6 Å². The van der Waals surface area contributed by atoms with E-state index in [-0.39, 0.29) is 10.6 Å². The second-order valence-electron chi connectivity index (χ2n) is 6.69. The van der Waals surface area contributed by atoms with Crippen molar-refractivity contribution in [2.24, 2.45) is 0 Å². The van der Waals surface area contributed by atoms with E-state index in [9.17, 15) is 13.2 Å². The summed E-state index contributed by atoms with van der Waals surface area (Å²) in [5.74, 6) is -0.155. The van der Waals surface area contributed by atoms with Gasteiger partial charge in [-0.15, -0.1) is 11.3 Å². The van der Waals surface area contributed by atoms with E-state index in [0.717, 1.165) is 36.9 Å². The Hall–Kier alpha value is -1.93. The third-order valence-corrected chi connectivity index (χ3v) is 7.30. The van der Waals surface area contributed by atoms with Crippen LogP contribution in [-0.4, -0.2) is 31.2 Å². The first-order valence-electron chi connectivity index (χ1n) is 8.69. The van der Waals surface area contributed by atoms with E-state index < -0.39 is 21.9 Å². The molecular weight excluding hydrogens is 370 g/mol. The molecule has 1 aromatic heterocycles. The number of fused-ring (bicyclic) bond motifs is 1. The normalized spacial score (nSPS) is 15.2. The second kappa shape index (κ2) is 7.75. The lowest BCUT2D eigenvalue weighted by atomic mass is 10.0. The first-order chi connectivity index (χ1) is 12.3. The molecule has 140 valence electrons. The number of carbonyl (C=O) groups is 1. The number of nitrogens with zero attached hydrogens (tertiary/aromatic N) is 1. The largest absolute Gasteiger partial charge is 0.334 e. The number of nitrogens with one attached hydrogen (secondary N) is 2. The molecule has 2 amide bonds. The molecule has 1 unspecified atom stereocenters. The van der Waals surface area contributed by atoms with Crippen molar-refractivity contribution in [2.75, 3.05) is 11.1 Å². The van der Waals surface area contributed by atoms with Crippen molar-refractivity contribution in [3.05, 3.63) is 40.4 Å². The van der Waals surface area contributed by atoms with Gasteiger partial charge >= 0.3 is 6.03 Å². The van der Waals surface area contributed by atoms with E-state index in [1.807, 2.05) is 6.92 Å². The van der Waals surface area contributed by atoms with Crippen LogP contribution in [0.2, 0.25) is 0 Å². The molecule has 2 N–H and O–H groups in total. The zero-order valence-corrected chi connectivity index (χ0v) is 16.5. The lowest BCUT2D eigenvalue weighted by molar-refractivity contribution is 0.250. The van der Waals surface area contributed by atoms with Crippen LogP contribution in [-0.2, 0) is 22.7 Å². The first kappa shape index (κ1) is 18.8. The maximum atomic E-state index is 12.4. The van der Waals surface area contributed by atoms with Gasteiger partial charge in [-0.1, -0.05) is 17.7 Å². The Bertz CT molecular complexity index is 865. The molecule has 1 atom stereocenters. The number of aromatic nitrogens is 1. The van der Waals surface area contributed by atoms with Crippen LogP contribution >= 0.6 is 11.3 Å². The number of aryl methyl sites for hydroxylation is 3. The molecule has 0 spiro atoms. The highest BCUT2D eigenvalue weighted by atomic mass is 32.2. The van der Waals surface area contributed by atoms with Gasteiger partial charge in [-0.05, 0) is 51.7 Å². The third-order valence-electron chi connectivity index (χ3n) is 4.29. The van der Waals surface area contributed by atoms with Gasteiger partial charge < -0.3 is 5.32 Å². The minimum Gasteiger partial charge on any atom is -0.334 e. The number of hydrogen-bond donors (Lipinski definition) is 2. The summed E-state index contributed by atoms with van der Waals surface area (Å²) in [6.07, 6.45) is 4.27. The van der Waals surface area contributed by atoms with Crippen LogP contribution in [0.4, 0.5) is 9.93 Å². The zero-order valence-electron chi connectivity index (χ0n) is 14.9. The highest BCUT2D eigenvalue weighted by Crippen LogP contribution is 2.29. The highest BCUT2D eigenvalue weighted by Gasteiger charge is 2.21. The van der Waals surface area contributed by atoms with Gasteiger partial charge in [0.15, 0.2) is 15.0 Å². The minimum absolute atomic E-state index is 0.155. The number of carbonyl (C=O) groups excluding carboxylic acids is 1. The maximum absolute atomic E-state index is 12.4. The van der Waals surface area contributed by atoms with E-state index >= 15 is 0 Å². The summed E-state index contributed by atoms with van der Waals surface area (Å²) < 4.78 is 24.9. The van der Waals surface area contributed by atoms with Crippen LogP contribution in [0, 0.1) is 6.92 Å². The Morgan fingerprint density at radius 3 is 2.62 bits per heavy atom. The maximum Gasteiger partial charge on any atom is 0.321 e. The van der Waals surface area contributed by atoms with Gasteiger partial charge in [0.1, 0.15) is 0 Å². The molecule has 1 heterocycles. The molecule has 3 rings (SSSR count). The van der Waals surface area contributed by atoms with Gasteiger partial charge in [-0.3, -0.25) is 5.32 Å². The van der Waals surface area contributed by atoms with E-state index in [1.54, 1.807) is 31.2 Å². The summed E-state index contributed by atoms with van der Waals surface area (Å²) in [4.78, 5) is 18.1. The summed E-state index contributed by atoms with van der Waals surface area (Å²) in [5.41, 5.74) is 2.08. The molecule has 0 fully saturated rings. The molecule has 1 aromatic carbocycles. The van der Waals surface area contributed by atoms with Crippen LogP contribution in [0.15, 0.2) is 29.2 Å². The fraction of sp³-hybridized carbons (Fsp3) is 0.444. The van der Waals surface area contributed by atoms with E-state index in [1.165, 1.54) is 16.2 Å². The first-order valence-corrected chi connectivity index (χ1v) is 11.2. The molecule has 0 bridgehead atoms. The summed E-state index contributed by atoms with van der Waals surface area (Å²) in [6, 6.07) is 5.78. The third kappa shape index (κ3) is 4.62. The van der Waals surface area contributed by atoms with Crippen LogP contribution in [0.25, 0.3) is 0 Å². The smallest absolute Gasteiger partial charge is 0.321 e. The monoisotopic (exact) mass is 393 g/mol.